The molecular weight excluding hydrogens is 599 g/mol. The molecule has 4 aromatic rings. The number of halogens is 6. The van der Waals surface area contributed by atoms with Crippen molar-refractivity contribution < 1.29 is 36.6 Å². The van der Waals surface area contributed by atoms with Gasteiger partial charge < -0.3 is 15.7 Å². The van der Waals surface area contributed by atoms with E-state index in [0.717, 1.165) is 24.3 Å². The highest BCUT2D eigenvalue weighted by Gasteiger charge is 2.61. The fourth-order valence-electron chi connectivity index (χ4n) is 5.35. The first-order chi connectivity index (χ1) is 20.3. The average Bonchev–Trinajstić information content (AvgIpc) is 3.45. The Morgan fingerprint density at radius 2 is 1.74 bits per heavy atom. The first kappa shape index (κ1) is 28.4. The third-order valence-corrected chi connectivity index (χ3v) is 7.73. The van der Waals surface area contributed by atoms with Crippen LogP contribution in [0.15, 0.2) is 77.7 Å². The minimum absolute atomic E-state index is 0.0235. The van der Waals surface area contributed by atoms with Crippen LogP contribution in [-0.2, 0) is 5.60 Å². The molecule has 3 amide bonds. The second-order valence-electron chi connectivity index (χ2n) is 9.97. The molecule has 3 N–H and O–H groups in total. The average molecular weight is 617 g/mol. The molecule has 2 aliphatic heterocycles. The summed E-state index contributed by atoms with van der Waals surface area (Å²) >= 11 is 6.32. The lowest BCUT2D eigenvalue weighted by Gasteiger charge is -2.27. The SMILES string of the molecule is O=C1N[C@H](c2cc(F)ccc2Cl)c2c(NC(=O)N3C[C@@](O)(C(F)(F)F)c4cc(F)ccc43)cc(-n3ccccc3=O)cc21. The largest absolute Gasteiger partial charge is 0.423 e. The molecule has 0 fully saturated rings. The van der Waals surface area contributed by atoms with E-state index in [-0.39, 0.29) is 33.1 Å². The highest BCUT2D eigenvalue weighted by molar-refractivity contribution is 6.31. The Kier molecular flexibility index (Phi) is 6.54. The van der Waals surface area contributed by atoms with Gasteiger partial charge in [0, 0.05) is 39.5 Å². The number of alkyl halides is 3. The number of fused-ring (bicyclic) bond motifs is 2. The molecule has 43 heavy (non-hydrogen) atoms. The van der Waals surface area contributed by atoms with Crippen LogP contribution in [0.5, 0.6) is 0 Å². The van der Waals surface area contributed by atoms with Crippen molar-refractivity contribution in [3.8, 4) is 5.69 Å². The molecule has 3 aromatic carbocycles. The van der Waals surface area contributed by atoms with Crippen molar-refractivity contribution in [2.24, 2.45) is 0 Å². The zero-order valence-corrected chi connectivity index (χ0v) is 22.3. The number of pyridine rings is 1. The second kappa shape index (κ2) is 9.92. The van der Waals surface area contributed by atoms with Crippen molar-refractivity contribution in [1.29, 1.82) is 0 Å². The van der Waals surface area contributed by atoms with E-state index in [1.165, 1.54) is 41.1 Å². The predicted octanol–water partition coefficient (Wildman–Crippen LogP) is 5.40. The summed E-state index contributed by atoms with van der Waals surface area (Å²) in [5.74, 6) is -2.38. The van der Waals surface area contributed by atoms with E-state index in [0.29, 0.717) is 11.0 Å². The third kappa shape index (κ3) is 4.61. The quantitative estimate of drug-likeness (QED) is 0.268. The van der Waals surface area contributed by atoms with Gasteiger partial charge in [0.2, 0.25) is 5.60 Å². The number of hydrogen-bond donors (Lipinski definition) is 3. The Labute approximate surface area is 243 Å². The molecule has 6 rings (SSSR count). The van der Waals surface area contributed by atoms with Crippen LogP contribution in [0.3, 0.4) is 0 Å². The number of urea groups is 1. The van der Waals surface area contributed by atoms with Gasteiger partial charge in [-0.25, -0.2) is 13.6 Å². The van der Waals surface area contributed by atoms with Gasteiger partial charge in [0.05, 0.1) is 29.6 Å². The maximum atomic E-state index is 14.2. The van der Waals surface area contributed by atoms with Gasteiger partial charge in [-0.1, -0.05) is 17.7 Å². The van der Waals surface area contributed by atoms with Crippen LogP contribution in [0.1, 0.15) is 33.1 Å². The summed E-state index contributed by atoms with van der Waals surface area (Å²) in [4.78, 5) is 39.9. The molecule has 2 atom stereocenters. The molecule has 220 valence electrons. The lowest BCUT2D eigenvalue weighted by Crippen LogP contribution is -2.48. The molecule has 0 bridgehead atoms. The summed E-state index contributed by atoms with van der Waals surface area (Å²) in [7, 11) is 0. The number of amides is 3. The number of aromatic nitrogens is 1. The van der Waals surface area contributed by atoms with Gasteiger partial charge in [-0.3, -0.25) is 19.1 Å². The van der Waals surface area contributed by atoms with E-state index >= 15 is 0 Å². The van der Waals surface area contributed by atoms with Crippen LogP contribution in [0.4, 0.5) is 38.1 Å². The van der Waals surface area contributed by atoms with E-state index in [1.54, 1.807) is 6.07 Å². The fraction of sp³-hybridized carbons (Fsp3) is 0.138. The van der Waals surface area contributed by atoms with Crippen LogP contribution < -0.4 is 21.1 Å². The minimum Gasteiger partial charge on any atom is -0.375 e. The van der Waals surface area contributed by atoms with E-state index < -0.39 is 64.7 Å². The maximum absolute atomic E-state index is 14.2. The van der Waals surface area contributed by atoms with Gasteiger partial charge >= 0.3 is 12.2 Å². The number of aliphatic hydroxyl groups is 1. The Bertz CT molecular complexity index is 1900. The zero-order chi connectivity index (χ0) is 30.8. The number of β-amino-alcohol motifs (C(OH)–C–C–N with tert-alkyl or cyclic N) is 1. The molecule has 0 saturated carbocycles. The lowest BCUT2D eigenvalue weighted by molar-refractivity contribution is -0.258. The fourth-order valence-corrected chi connectivity index (χ4v) is 5.58. The number of hydrogen-bond acceptors (Lipinski definition) is 4. The number of anilines is 2. The molecule has 0 aliphatic carbocycles. The van der Waals surface area contributed by atoms with Crippen molar-refractivity contribution in [3.63, 3.8) is 0 Å². The van der Waals surface area contributed by atoms with Gasteiger partial charge in [-0.05, 0) is 54.6 Å². The molecule has 0 saturated heterocycles. The van der Waals surface area contributed by atoms with Crippen molar-refractivity contribution >= 4 is 34.9 Å². The first-order valence-electron chi connectivity index (χ1n) is 12.6. The monoisotopic (exact) mass is 616 g/mol. The first-order valence-corrected chi connectivity index (χ1v) is 13.0. The van der Waals surface area contributed by atoms with Crippen molar-refractivity contribution in [2.45, 2.75) is 17.8 Å². The lowest BCUT2D eigenvalue weighted by atomic mass is 9.95. The molecular formula is C29H18ClF5N4O4. The van der Waals surface area contributed by atoms with Crippen molar-refractivity contribution in [1.82, 2.24) is 9.88 Å². The molecule has 14 heteroatoms. The topological polar surface area (TPSA) is 104 Å². The van der Waals surface area contributed by atoms with E-state index in [9.17, 15) is 41.4 Å². The van der Waals surface area contributed by atoms with Crippen LogP contribution in [0, 0.1) is 11.6 Å². The van der Waals surface area contributed by atoms with Crippen molar-refractivity contribution in [2.75, 3.05) is 16.8 Å². The Morgan fingerprint density at radius 3 is 2.47 bits per heavy atom. The summed E-state index contributed by atoms with van der Waals surface area (Å²) in [5.41, 5.74) is -5.11. The number of rotatable bonds is 3. The van der Waals surface area contributed by atoms with Crippen LogP contribution in [0.2, 0.25) is 5.02 Å². The Balaban J connectivity index is 1.50. The molecule has 2 aliphatic rings. The number of nitrogens with zero attached hydrogens (tertiary/aromatic N) is 2. The molecule has 0 radical (unpaired) electrons. The molecule has 3 heterocycles. The minimum atomic E-state index is -5.27. The highest BCUT2D eigenvalue weighted by atomic mass is 35.5. The Morgan fingerprint density at radius 1 is 1.02 bits per heavy atom. The van der Waals surface area contributed by atoms with Gasteiger partial charge in [-0.2, -0.15) is 13.2 Å². The molecule has 0 spiro atoms. The zero-order valence-electron chi connectivity index (χ0n) is 21.5. The number of carbonyl (C=O) groups is 2. The molecule has 0 unspecified atom stereocenters. The Hall–Kier alpha value is -4.75. The number of nitrogens with one attached hydrogen (secondary N) is 2. The van der Waals surface area contributed by atoms with Crippen LogP contribution in [-0.4, -0.2) is 34.3 Å². The van der Waals surface area contributed by atoms with Crippen molar-refractivity contribution in [3.05, 3.63) is 122 Å². The summed E-state index contributed by atoms with van der Waals surface area (Å²) in [6.45, 7) is -1.29. The van der Waals surface area contributed by atoms with E-state index in [1.807, 2.05) is 0 Å². The van der Waals surface area contributed by atoms with Gasteiger partial charge in [0.15, 0.2) is 0 Å². The summed E-state index contributed by atoms with van der Waals surface area (Å²) in [5, 5.41) is 15.8. The highest BCUT2D eigenvalue weighted by Crippen LogP contribution is 2.49. The number of benzene rings is 3. The predicted molar refractivity (Wildman–Crippen MR) is 145 cm³/mol. The van der Waals surface area contributed by atoms with E-state index in [4.69, 9.17) is 11.6 Å². The summed E-state index contributed by atoms with van der Waals surface area (Å²) in [6.07, 6.45) is -3.87. The smallest absolute Gasteiger partial charge is 0.375 e. The molecule has 8 nitrogen and oxygen atoms in total. The normalized spacial score (nSPS) is 19.2. The van der Waals surface area contributed by atoms with E-state index in [2.05, 4.69) is 10.6 Å². The standard InChI is InChI=1S/C29H18ClF5N4O4/c30-20-6-4-14(31)9-17(20)25-24-18(26(41)37-25)11-16(38-8-2-1-3-23(38)40)12-21(24)36-27(42)39-13-28(43,29(33,34)35)19-10-15(32)5-7-22(19)39/h1-12,25,43H,13H2,(H,36,42)(H,37,41)/t25-,28+/m1/s1. The van der Waals surface area contributed by atoms with Crippen LogP contribution >= 0.6 is 11.6 Å². The summed E-state index contributed by atoms with van der Waals surface area (Å²) < 4.78 is 71.3. The maximum Gasteiger partial charge on any atom is 0.423 e. The second-order valence-corrected chi connectivity index (χ2v) is 10.4. The third-order valence-electron chi connectivity index (χ3n) is 7.38. The van der Waals surface area contributed by atoms with Crippen LogP contribution in [0.25, 0.3) is 5.69 Å². The van der Waals surface area contributed by atoms with Gasteiger partial charge in [0.25, 0.3) is 11.5 Å². The van der Waals surface area contributed by atoms with Gasteiger partial charge in [0.1, 0.15) is 11.6 Å². The molecule has 1 aromatic heterocycles. The number of carbonyl (C=O) groups excluding carboxylic acids is 2. The van der Waals surface area contributed by atoms with Gasteiger partial charge in [-0.15, -0.1) is 0 Å². The summed E-state index contributed by atoms with van der Waals surface area (Å²) in [6, 6.07) is 10.4.